The van der Waals surface area contributed by atoms with Gasteiger partial charge in [-0.15, -0.1) is 0 Å². The first-order valence-corrected chi connectivity index (χ1v) is 17.8. The van der Waals surface area contributed by atoms with Gasteiger partial charge >= 0.3 is 11.9 Å². The summed E-state index contributed by atoms with van der Waals surface area (Å²) in [4.78, 5) is 65.1. The fourth-order valence-corrected chi connectivity index (χ4v) is 6.46. The summed E-state index contributed by atoms with van der Waals surface area (Å²) >= 11 is 0. The van der Waals surface area contributed by atoms with Crippen molar-refractivity contribution in [3.8, 4) is 0 Å². The molecule has 51 heavy (non-hydrogen) atoms. The first-order chi connectivity index (χ1) is 24.2. The van der Waals surface area contributed by atoms with E-state index in [4.69, 9.17) is 18.9 Å². The number of esters is 2. The zero-order valence-corrected chi connectivity index (χ0v) is 30.1. The Morgan fingerprint density at radius 1 is 1.06 bits per heavy atom. The van der Waals surface area contributed by atoms with Crippen molar-refractivity contribution < 1.29 is 48.0 Å². The molecule has 3 fully saturated rings. The maximum Gasteiger partial charge on any atom is 0.338 e. The van der Waals surface area contributed by atoms with Crippen LogP contribution in [0.1, 0.15) is 88.1 Å². The van der Waals surface area contributed by atoms with Gasteiger partial charge in [-0.1, -0.05) is 12.1 Å². The smallest absolute Gasteiger partial charge is 0.338 e. The van der Waals surface area contributed by atoms with Crippen molar-refractivity contribution >= 4 is 35.7 Å². The van der Waals surface area contributed by atoms with Crippen molar-refractivity contribution in [1.29, 1.82) is 0 Å². The summed E-state index contributed by atoms with van der Waals surface area (Å²) in [6.45, 7) is 4.97. The number of likely N-dealkylation sites (N-methyl/N-ethyl adjacent to an activating group) is 1. The van der Waals surface area contributed by atoms with E-state index in [1.807, 2.05) is 0 Å². The van der Waals surface area contributed by atoms with Gasteiger partial charge in [-0.05, 0) is 82.7 Å². The van der Waals surface area contributed by atoms with E-state index in [0.717, 1.165) is 25.7 Å². The van der Waals surface area contributed by atoms with Crippen LogP contribution in [0.4, 0.5) is 0 Å². The highest BCUT2D eigenvalue weighted by Gasteiger charge is 2.64. The largest absolute Gasteiger partial charge is 0.460 e. The van der Waals surface area contributed by atoms with E-state index in [1.165, 1.54) is 11.0 Å². The number of nitrogens with one attached hydrogen (secondary N) is 2. The topological polar surface area (TPSA) is 170 Å². The monoisotopic (exact) mass is 709 g/mol. The van der Waals surface area contributed by atoms with Crippen LogP contribution in [-0.2, 0) is 38.1 Å². The predicted octanol–water partition coefficient (Wildman–Crippen LogP) is 3.05. The van der Waals surface area contributed by atoms with Gasteiger partial charge < -0.3 is 39.6 Å². The zero-order chi connectivity index (χ0) is 36.9. The minimum Gasteiger partial charge on any atom is -0.460 e. The van der Waals surface area contributed by atoms with Crippen molar-refractivity contribution in [1.82, 2.24) is 15.5 Å². The summed E-state index contributed by atoms with van der Waals surface area (Å²) in [5.74, 6) is -2.23. The number of carbonyl (C=O) groups is 5. The van der Waals surface area contributed by atoms with Crippen molar-refractivity contribution in [3.63, 3.8) is 0 Å². The molecule has 2 saturated carbocycles. The lowest BCUT2D eigenvalue weighted by Crippen LogP contribution is -2.44. The second kappa shape index (κ2) is 16.1. The van der Waals surface area contributed by atoms with E-state index in [9.17, 15) is 29.1 Å². The second-order valence-electron chi connectivity index (χ2n) is 15.0. The molecule has 4 unspecified atom stereocenters. The maximum absolute atomic E-state index is 13.5. The van der Waals surface area contributed by atoms with Crippen LogP contribution < -0.4 is 10.6 Å². The van der Waals surface area contributed by atoms with Crippen LogP contribution in [-0.4, -0.2) is 103 Å². The van der Waals surface area contributed by atoms with Gasteiger partial charge in [0.05, 0.1) is 18.2 Å². The van der Waals surface area contributed by atoms with Crippen molar-refractivity contribution in [2.75, 3.05) is 27.2 Å². The van der Waals surface area contributed by atoms with Gasteiger partial charge in [0, 0.05) is 63.4 Å². The number of aliphatic hydroxyl groups is 1. The molecule has 0 aromatic heterocycles. The number of amides is 3. The molecule has 1 heterocycles. The fourth-order valence-electron chi connectivity index (χ4n) is 6.46. The SMILES string of the molecule is CN(C)C(=O)C=Cc1cccc(C(=O)OC2CC(C(=O)NCCC(=O)NC(CO)CCC(=O)OC(C)(C)C)=CC3OC(C4CC4)(C4CC4)OC32)c1. The van der Waals surface area contributed by atoms with E-state index < -0.39 is 59.5 Å². The third-order valence-corrected chi connectivity index (χ3v) is 9.28. The van der Waals surface area contributed by atoms with Crippen LogP contribution >= 0.6 is 0 Å². The molecule has 3 amide bonds. The molecule has 13 heteroatoms. The van der Waals surface area contributed by atoms with E-state index in [-0.39, 0.29) is 56.6 Å². The van der Waals surface area contributed by atoms with E-state index in [1.54, 1.807) is 71.3 Å². The molecule has 3 aliphatic carbocycles. The van der Waals surface area contributed by atoms with Crippen LogP contribution in [0.15, 0.2) is 42.0 Å². The summed E-state index contributed by atoms with van der Waals surface area (Å²) in [5.41, 5.74) is 0.682. The summed E-state index contributed by atoms with van der Waals surface area (Å²) in [6.07, 6.45) is 7.08. The zero-order valence-electron chi connectivity index (χ0n) is 30.1. The van der Waals surface area contributed by atoms with Gasteiger partial charge in [0.1, 0.15) is 23.9 Å². The average molecular weight is 710 g/mol. The average Bonchev–Trinajstić information content (AvgIpc) is 4.02. The van der Waals surface area contributed by atoms with Gasteiger partial charge in [-0.2, -0.15) is 0 Å². The first-order valence-electron chi connectivity index (χ1n) is 17.8. The van der Waals surface area contributed by atoms with Gasteiger partial charge in [-0.3, -0.25) is 19.2 Å². The molecule has 4 aliphatic rings. The number of fused-ring (bicyclic) bond motifs is 1. The molecular formula is C38H51N3O10. The highest BCUT2D eigenvalue weighted by Crippen LogP contribution is 2.59. The number of carbonyl (C=O) groups excluding carboxylic acids is 5. The van der Waals surface area contributed by atoms with E-state index in [0.29, 0.717) is 16.7 Å². The lowest BCUT2D eigenvalue weighted by atomic mass is 9.91. The molecule has 1 aliphatic heterocycles. The van der Waals surface area contributed by atoms with Crippen LogP contribution in [0.2, 0.25) is 0 Å². The van der Waals surface area contributed by atoms with Crippen LogP contribution in [0.25, 0.3) is 6.08 Å². The molecule has 5 rings (SSSR count). The Morgan fingerprint density at radius 2 is 1.76 bits per heavy atom. The molecule has 0 bridgehead atoms. The molecule has 1 aromatic carbocycles. The molecule has 4 atom stereocenters. The third-order valence-electron chi connectivity index (χ3n) is 9.28. The fraction of sp³-hybridized carbons (Fsp3) is 0.605. The van der Waals surface area contributed by atoms with Crippen LogP contribution in [0.5, 0.6) is 0 Å². The highest BCUT2D eigenvalue weighted by atomic mass is 16.8. The number of rotatable bonds is 15. The molecular weight excluding hydrogens is 658 g/mol. The lowest BCUT2D eigenvalue weighted by molar-refractivity contribution is -0.209. The third kappa shape index (κ3) is 10.3. The lowest BCUT2D eigenvalue weighted by Gasteiger charge is -2.31. The Bertz CT molecular complexity index is 1530. The number of hydrogen-bond acceptors (Lipinski definition) is 10. The predicted molar refractivity (Wildman–Crippen MR) is 186 cm³/mol. The highest BCUT2D eigenvalue weighted by molar-refractivity contribution is 5.95. The Balaban J connectivity index is 1.21. The molecule has 0 spiro atoms. The summed E-state index contributed by atoms with van der Waals surface area (Å²) in [5, 5.41) is 15.2. The number of ether oxygens (including phenoxy) is 4. The quantitative estimate of drug-likeness (QED) is 0.182. The van der Waals surface area contributed by atoms with Crippen molar-refractivity contribution in [3.05, 3.63) is 53.1 Å². The normalized spacial score (nSPS) is 23.1. The van der Waals surface area contributed by atoms with Crippen LogP contribution in [0, 0.1) is 11.8 Å². The molecule has 0 radical (unpaired) electrons. The Kier molecular flexibility index (Phi) is 12.0. The van der Waals surface area contributed by atoms with Crippen LogP contribution in [0.3, 0.4) is 0 Å². The summed E-state index contributed by atoms with van der Waals surface area (Å²) in [6, 6.07) is 6.12. The molecule has 3 N–H and O–H groups in total. The minimum atomic E-state index is -0.805. The summed E-state index contributed by atoms with van der Waals surface area (Å²) in [7, 11) is 3.31. The minimum absolute atomic E-state index is 0.0207. The molecule has 1 aromatic rings. The Morgan fingerprint density at radius 3 is 2.39 bits per heavy atom. The molecule has 13 nitrogen and oxygen atoms in total. The first kappa shape index (κ1) is 38.2. The van der Waals surface area contributed by atoms with Gasteiger partial charge in [0.25, 0.3) is 0 Å². The van der Waals surface area contributed by atoms with E-state index in [2.05, 4.69) is 10.6 Å². The van der Waals surface area contributed by atoms with Crippen molar-refractivity contribution in [2.45, 2.75) is 108 Å². The maximum atomic E-state index is 13.5. The van der Waals surface area contributed by atoms with E-state index >= 15 is 0 Å². The number of benzene rings is 1. The van der Waals surface area contributed by atoms with Gasteiger partial charge in [0.2, 0.25) is 17.7 Å². The van der Waals surface area contributed by atoms with Crippen molar-refractivity contribution in [2.24, 2.45) is 11.8 Å². The summed E-state index contributed by atoms with van der Waals surface area (Å²) < 4.78 is 24.6. The second-order valence-corrected chi connectivity index (χ2v) is 15.0. The standard InChI is InChI=1S/C38H51N3O10/c1-37(2,3)50-33(45)16-14-28(22-42)40-31(43)17-18-39-35(46)25-20-29(34-30(21-25)49-38(51-34,26-10-11-26)27-12-13-27)48-36(47)24-8-6-7-23(19-24)9-15-32(44)41(4)5/h6-9,15,19,21,26-30,34,42H,10-14,16-18,20,22H2,1-5H3,(H,39,46)(H,40,43). The number of aliphatic hydroxyl groups excluding tert-OH is 1. The van der Waals surface area contributed by atoms with Gasteiger partial charge in [0.15, 0.2) is 5.79 Å². The number of hydrogen-bond donors (Lipinski definition) is 3. The number of nitrogens with zero attached hydrogens (tertiary/aromatic N) is 1. The Hall–Kier alpha value is -4.07. The molecule has 278 valence electrons. The van der Waals surface area contributed by atoms with Gasteiger partial charge in [-0.25, -0.2) is 4.79 Å². The molecule has 1 saturated heterocycles. The Labute approximate surface area is 299 Å².